The van der Waals surface area contributed by atoms with Crippen LogP contribution in [0.15, 0.2) is 106 Å². The fraction of sp³-hybridized carbons (Fsp3) is 0. The Bertz CT molecular complexity index is 1330. The van der Waals surface area contributed by atoms with E-state index in [9.17, 15) is 9.59 Å². The topological polar surface area (TPSA) is 82.9 Å². The molecule has 4 rings (SSSR count). The van der Waals surface area contributed by atoms with E-state index in [4.69, 9.17) is 0 Å². The van der Waals surface area contributed by atoms with Gasteiger partial charge in [-0.3, -0.25) is 9.59 Å². The smallest absolute Gasteiger partial charge is 0.248 e. The maximum absolute atomic E-state index is 12.5. The average molecular weight is 485 g/mol. The van der Waals surface area contributed by atoms with Gasteiger partial charge in [0.2, 0.25) is 11.8 Å². The van der Waals surface area contributed by atoms with Crippen LogP contribution < -0.4 is 10.6 Å². The van der Waals surface area contributed by atoms with Crippen molar-refractivity contribution in [1.29, 1.82) is 0 Å². The van der Waals surface area contributed by atoms with Gasteiger partial charge in [-0.15, -0.1) is 27.8 Å². The minimum Gasteiger partial charge on any atom is -0.322 e. The van der Waals surface area contributed by atoms with Gasteiger partial charge in [-0.05, 0) is 65.4 Å². The molecule has 8 heteroatoms. The first-order chi connectivity index (χ1) is 16.7. The number of azo groups is 1. The Morgan fingerprint density at radius 3 is 1.97 bits per heavy atom. The summed E-state index contributed by atoms with van der Waals surface area (Å²) in [6.45, 7) is 0. The molecule has 0 spiro atoms. The van der Waals surface area contributed by atoms with E-state index in [1.807, 2.05) is 65.4 Å². The highest BCUT2D eigenvalue weighted by molar-refractivity contribution is 7.11. The molecule has 2 aromatic heterocycles. The molecule has 0 fully saturated rings. The van der Waals surface area contributed by atoms with E-state index in [0.29, 0.717) is 22.7 Å². The second-order valence-electron chi connectivity index (χ2n) is 6.94. The van der Waals surface area contributed by atoms with Crippen molar-refractivity contribution in [3.63, 3.8) is 0 Å². The Morgan fingerprint density at radius 1 is 0.706 bits per heavy atom. The molecule has 0 bridgehead atoms. The summed E-state index contributed by atoms with van der Waals surface area (Å²) in [4.78, 5) is 26.8. The zero-order valence-corrected chi connectivity index (χ0v) is 19.6. The predicted molar refractivity (Wildman–Crippen MR) is 141 cm³/mol. The van der Waals surface area contributed by atoms with E-state index < -0.39 is 0 Å². The first-order valence-electron chi connectivity index (χ1n) is 10.3. The number of carbonyl (C=O) groups is 2. The van der Waals surface area contributed by atoms with Gasteiger partial charge in [0.15, 0.2) is 0 Å². The number of benzene rings is 2. The van der Waals surface area contributed by atoms with E-state index in [2.05, 4.69) is 20.9 Å². The molecule has 0 aliphatic carbocycles. The fourth-order valence-electron chi connectivity index (χ4n) is 2.85. The van der Waals surface area contributed by atoms with E-state index in [-0.39, 0.29) is 11.8 Å². The summed E-state index contributed by atoms with van der Waals surface area (Å²) in [5.41, 5.74) is 2.11. The van der Waals surface area contributed by atoms with Gasteiger partial charge in [0.1, 0.15) is 5.69 Å². The van der Waals surface area contributed by atoms with Crippen molar-refractivity contribution >= 4 is 69.4 Å². The molecule has 2 heterocycles. The molecule has 0 saturated heterocycles. The number of hydrogen-bond donors (Lipinski definition) is 2. The van der Waals surface area contributed by atoms with Gasteiger partial charge in [0.05, 0.1) is 11.4 Å². The van der Waals surface area contributed by atoms with Gasteiger partial charge in [-0.2, -0.15) is 5.11 Å². The Morgan fingerprint density at radius 2 is 1.35 bits per heavy atom. The lowest BCUT2D eigenvalue weighted by atomic mass is 10.2. The summed E-state index contributed by atoms with van der Waals surface area (Å²) >= 11 is 3.09. The highest BCUT2D eigenvalue weighted by Gasteiger charge is 2.08. The van der Waals surface area contributed by atoms with Crippen LogP contribution >= 0.6 is 22.7 Å². The summed E-state index contributed by atoms with van der Waals surface area (Å²) in [5.74, 6) is -0.590. The van der Waals surface area contributed by atoms with Gasteiger partial charge in [-0.25, -0.2) is 0 Å². The van der Waals surface area contributed by atoms with Crippen molar-refractivity contribution in [2.24, 2.45) is 10.2 Å². The molecule has 0 saturated carbocycles. The molecule has 0 atom stereocenters. The number of rotatable bonds is 8. The van der Waals surface area contributed by atoms with Crippen molar-refractivity contribution in [1.82, 2.24) is 0 Å². The van der Waals surface area contributed by atoms with E-state index in [1.54, 1.807) is 41.7 Å². The van der Waals surface area contributed by atoms with Crippen LogP contribution in [0.4, 0.5) is 22.7 Å². The zero-order valence-electron chi connectivity index (χ0n) is 17.9. The molecule has 2 aromatic carbocycles. The van der Waals surface area contributed by atoms with Crippen molar-refractivity contribution in [2.45, 2.75) is 0 Å². The van der Waals surface area contributed by atoms with Crippen LogP contribution in [0, 0.1) is 0 Å². The summed E-state index contributed by atoms with van der Waals surface area (Å²) in [6, 6.07) is 22.1. The minimum absolute atomic E-state index is 0.276. The van der Waals surface area contributed by atoms with Crippen LogP contribution in [-0.2, 0) is 9.59 Å². The average Bonchev–Trinajstić information content (AvgIpc) is 3.56. The van der Waals surface area contributed by atoms with Crippen molar-refractivity contribution < 1.29 is 9.59 Å². The largest absolute Gasteiger partial charge is 0.322 e. The molecule has 2 amide bonds. The lowest BCUT2D eigenvalue weighted by Gasteiger charge is -2.09. The summed E-state index contributed by atoms with van der Waals surface area (Å²) < 4.78 is 0. The molecule has 0 aliphatic heterocycles. The summed E-state index contributed by atoms with van der Waals surface area (Å²) in [6.07, 6.45) is 6.42. The summed E-state index contributed by atoms with van der Waals surface area (Å²) in [7, 11) is 0. The molecular weight excluding hydrogens is 464 g/mol. The van der Waals surface area contributed by atoms with Crippen molar-refractivity contribution in [2.75, 3.05) is 10.6 Å². The number of anilines is 2. The number of thiophene rings is 2. The highest BCUT2D eigenvalue weighted by Crippen LogP contribution is 2.30. The first-order valence-corrected chi connectivity index (χ1v) is 12.1. The summed E-state index contributed by atoms with van der Waals surface area (Å²) in [5, 5.41) is 18.1. The molecule has 6 nitrogen and oxygen atoms in total. The fourth-order valence-corrected chi connectivity index (χ4v) is 4.09. The molecular formula is C26H20N4O2S2. The van der Waals surface area contributed by atoms with E-state index >= 15 is 0 Å². The number of nitrogens with zero attached hydrogens (tertiary/aromatic N) is 2. The molecule has 34 heavy (non-hydrogen) atoms. The normalized spacial score (nSPS) is 11.4. The quantitative estimate of drug-likeness (QED) is 0.200. The Hall–Kier alpha value is -4.14. The van der Waals surface area contributed by atoms with Gasteiger partial charge >= 0.3 is 0 Å². The molecule has 0 radical (unpaired) electrons. The molecule has 0 unspecified atom stereocenters. The van der Waals surface area contributed by atoms with Gasteiger partial charge in [0.25, 0.3) is 0 Å². The SMILES string of the molecule is O=C(C=Cc1cccs1)Nc1ccc(N=Nc2ccccc2)c(NC(=O)C=Cc2cccs2)c1. The number of nitrogens with one attached hydrogen (secondary N) is 2. The van der Waals surface area contributed by atoms with E-state index in [0.717, 1.165) is 9.75 Å². The van der Waals surface area contributed by atoms with E-state index in [1.165, 1.54) is 23.5 Å². The third-order valence-corrected chi connectivity index (χ3v) is 6.11. The third kappa shape index (κ3) is 6.93. The Labute approximate surface area is 205 Å². The highest BCUT2D eigenvalue weighted by atomic mass is 32.1. The first kappa shape index (κ1) is 23.0. The van der Waals surface area contributed by atoms with Crippen molar-refractivity contribution in [3.05, 3.63) is 105 Å². The van der Waals surface area contributed by atoms with Crippen LogP contribution in [0.1, 0.15) is 9.75 Å². The maximum atomic E-state index is 12.5. The minimum atomic E-state index is -0.314. The lowest BCUT2D eigenvalue weighted by Crippen LogP contribution is -2.10. The van der Waals surface area contributed by atoms with Crippen LogP contribution in [0.2, 0.25) is 0 Å². The van der Waals surface area contributed by atoms with Crippen LogP contribution in [0.25, 0.3) is 12.2 Å². The van der Waals surface area contributed by atoms with Crippen molar-refractivity contribution in [3.8, 4) is 0 Å². The van der Waals surface area contributed by atoms with Crippen LogP contribution in [0.3, 0.4) is 0 Å². The lowest BCUT2D eigenvalue weighted by molar-refractivity contribution is -0.112. The van der Waals surface area contributed by atoms with Gasteiger partial charge in [0, 0.05) is 27.6 Å². The number of amides is 2. The Balaban J connectivity index is 1.53. The van der Waals surface area contributed by atoms with Crippen LogP contribution in [0.5, 0.6) is 0 Å². The third-order valence-electron chi connectivity index (χ3n) is 4.44. The molecule has 2 N–H and O–H groups in total. The second-order valence-corrected chi connectivity index (χ2v) is 8.90. The maximum Gasteiger partial charge on any atom is 0.248 e. The Kier molecular flexibility index (Phi) is 7.89. The zero-order chi connectivity index (χ0) is 23.6. The standard InChI is InChI=1S/C26H20N4O2S2/c31-25(14-11-21-8-4-16-33-21)27-20-10-13-23(30-29-19-6-2-1-3-7-19)24(18-20)28-26(32)15-12-22-9-5-17-34-22/h1-18H,(H,27,31)(H,28,32). The number of carbonyl (C=O) groups excluding carboxylic acids is 2. The molecule has 168 valence electrons. The monoisotopic (exact) mass is 484 g/mol. The van der Waals surface area contributed by atoms with Gasteiger partial charge in [-0.1, -0.05) is 30.3 Å². The van der Waals surface area contributed by atoms with Crippen LogP contribution in [-0.4, -0.2) is 11.8 Å². The molecule has 0 aliphatic rings. The molecule has 4 aromatic rings. The predicted octanol–water partition coefficient (Wildman–Crippen LogP) is 7.53. The van der Waals surface area contributed by atoms with Gasteiger partial charge < -0.3 is 10.6 Å². The number of hydrogen-bond acceptors (Lipinski definition) is 6. The second kappa shape index (κ2) is 11.6.